The van der Waals surface area contributed by atoms with Crippen molar-refractivity contribution in [3.05, 3.63) is 21.9 Å². The molecule has 0 saturated carbocycles. The highest BCUT2D eigenvalue weighted by Gasteiger charge is 2.33. The van der Waals surface area contributed by atoms with E-state index in [0.29, 0.717) is 13.0 Å². The molecule has 1 fully saturated rings. The number of amides is 1. The number of halogens is 2. The summed E-state index contributed by atoms with van der Waals surface area (Å²) in [5.41, 5.74) is 0.221. The Morgan fingerprint density at radius 3 is 2.67 bits per heavy atom. The molecule has 1 amide bonds. The van der Waals surface area contributed by atoms with Crippen LogP contribution in [0.5, 0.6) is 0 Å². The molecule has 0 aliphatic carbocycles. The van der Waals surface area contributed by atoms with Gasteiger partial charge in [0.05, 0.1) is 5.02 Å². The molecule has 2 N–H and O–H groups in total. The third-order valence-corrected chi connectivity index (χ3v) is 3.70. The van der Waals surface area contributed by atoms with Crippen LogP contribution in [-0.2, 0) is 4.79 Å². The number of carbonyl (C=O) groups excluding carboxylic acids is 1. The number of H-pyrrole nitrogens is 1. The van der Waals surface area contributed by atoms with E-state index in [2.05, 4.69) is 4.98 Å². The maximum Gasteiger partial charge on any atom is 0.326 e. The average molecular weight is 291 g/mol. The second-order valence-corrected chi connectivity index (χ2v) is 4.98. The summed E-state index contributed by atoms with van der Waals surface area (Å²) in [5.74, 6) is -1.36. The van der Waals surface area contributed by atoms with Crippen LogP contribution in [0.3, 0.4) is 0 Å². The largest absolute Gasteiger partial charge is 0.480 e. The molecule has 1 saturated heterocycles. The molecule has 2 rings (SSSR count). The van der Waals surface area contributed by atoms with Gasteiger partial charge in [-0.3, -0.25) is 4.79 Å². The van der Waals surface area contributed by atoms with Gasteiger partial charge >= 0.3 is 5.97 Å². The number of carbonyl (C=O) groups is 2. The lowest BCUT2D eigenvalue weighted by Crippen LogP contribution is -2.48. The Labute approximate surface area is 114 Å². The number of carboxylic acids is 1. The molecule has 1 atom stereocenters. The van der Waals surface area contributed by atoms with Gasteiger partial charge in [0.1, 0.15) is 16.9 Å². The molecule has 0 radical (unpaired) electrons. The number of piperidine rings is 1. The second-order valence-electron chi connectivity index (χ2n) is 4.19. The van der Waals surface area contributed by atoms with Crippen LogP contribution < -0.4 is 0 Å². The number of carboxylic acid groups (broad SMARTS) is 1. The number of aromatic nitrogens is 1. The van der Waals surface area contributed by atoms with E-state index in [0.717, 1.165) is 12.8 Å². The minimum absolute atomic E-state index is 0.184. The van der Waals surface area contributed by atoms with E-state index < -0.39 is 12.0 Å². The minimum Gasteiger partial charge on any atom is -0.480 e. The lowest BCUT2D eigenvalue weighted by Gasteiger charge is -2.32. The Balaban J connectivity index is 2.23. The SMILES string of the molecule is O=C(O)C1CCCCN1C(=O)c1cc(Cl)c(Cl)[nH]1. The maximum atomic E-state index is 12.2. The normalized spacial score (nSPS) is 19.9. The lowest BCUT2D eigenvalue weighted by atomic mass is 10.0. The van der Waals surface area contributed by atoms with Gasteiger partial charge in [0.25, 0.3) is 5.91 Å². The smallest absolute Gasteiger partial charge is 0.326 e. The van der Waals surface area contributed by atoms with Crippen LogP contribution in [-0.4, -0.2) is 39.5 Å². The van der Waals surface area contributed by atoms with Gasteiger partial charge in [0, 0.05) is 6.54 Å². The summed E-state index contributed by atoms with van der Waals surface area (Å²) in [4.78, 5) is 27.3. The number of nitrogens with zero attached hydrogens (tertiary/aromatic N) is 1. The average Bonchev–Trinajstić information content (AvgIpc) is 2.68. The summed E-state index contributed by atoms with van der Waals surface area (Å²) in [7, 11) is 0. The van der Waals surface area contributed by atoms with Gasteiger partial charge in [-0.2, -0.15) is 0 Å². The maximum absolute atomic E-state index is 12.2. The number of hydrogen-bond donors (Lipinski definition) is 2. The number of likely N-dealkylation sites (tertiary alicyclic amines) is 1. The molecule has 0 spiro atoms. The van der Waals surface area contributed by atoms with Crippen LogP contribution in [0, 0.1) is 0 Å². The van der Waals surface area contributed by atoms with Crippen molar-refractivity contribution in [3.63, 3.8) is 0 Å². The molecule has 1 aliphatic heterocycles. The lowest BCUT2D eigenvalue weighted by molar-refractivity contribution is -0.143. The molecule has 0 aromatic carbocycles. The van der Waals surface area contributed by atoms with Crippen molar-refractivity contribution >= 4 is 35.1 Å². The first-order chi connectivity index (χ1) is 8.50. The Morgan fingerprint density at radius 2 is 2.11 bits per heavy atom. The Hall–Kier alpha value is -1.20. The molecule has 7 heteroatoms. The summed E-state index contributed by atoms with van der Waals surface area (Å²) >= 11 is 11.5. The predicted molar refractivity (Wildman–Crippen MR) is 67.1 cm³/mol. The number of aliphatic carboxylic acids is 1. The molecular weight excluding hydrogens is 279 g/mol. The van der Waals surface area contributed by atoms with Crippen molar-refractivity contribution in [1.29, 1.82) is 0 Å². The van der Waals surface area contributed by atoms with E-state index in [1.54, 1.807) is 0 Å². The summed E-state index contributed by atoms with van der Waals surface area (Å²) in [6, 6.07) is 0.645. The van der Waals surface area contributed by atoms with E-state index in [-0.39, 0.29) is 21.8 Å². The fraction of sp³-hybridized carbons (Fsp3) is 0.455. The Bertz CT molecular complexity index is 467. The number of aromatic amines is 1. The zero-order chi connectivity index (χ0) is 13.3. The molecule has 2 heterocycles. The van der Waals surface area contributed by atoms with Gasteiger partial charge in [-0.25, -0.2) is 4.79 Å². The van der Waals surface area contributed by atoms with Gasteiger partial charge in [-0.1, -0.05) is 23.2 Å². The van der Waals surface area contributed by atoms with E-state index in [1.807, 2.05) is 0 Å². The first kappa shape index (κ1) is 13.2. The van der Waals surface area contributed by atoms with E-state index in [1.165, 1.54) is 11.0 Å². The monoisotopic (exact) mass is 290 g/mol. The zero-order valence-corrected chi connectivity index (χ0v) is 11.0. The summed E-state index contributed by atoms with van der Waals surface area (Å²) < 4.78 is 0. The van der Waals surface area contributed by atoms with Crippen LogP contribution in [0.1, 0.15) is 29.8 Å². The molecular formula is C11H12Cl2N2O3. The van der Waals surface area contributed by atoms with Crippen LogP contribution in [0.15, 0.2) is 6.07 Å². The van der Waals surface area contributed by atoms with Crippen molar-refractivity contribution in [2.45, 2.75) is 25.3 Å². The molecule has 1 aliphatic rings. The van der Waals surface area contributed by atoms with Crippen molar-refractivity contribution in [2.75, 3.05) is 6.54 Å². The first-order valence-corrected chi connectivity index (χ1v) is 6.34. The van der Waals surface area contributed by atoms with Gasteiger partial charge in [-0.05, 0) is 25.3 Å². The summed E-state index contributed by atoms with van der Waals surface area (Å²) in [6.45, 7) is 0.435. The molecule has 1 aromatic rings. The molecule has 0 bridgehead atoms. The predicted octanol–water partition coefficient (Wildman–Crippen LogP) is 2.40. The van der Waals surface area contributed by atoms with E-state index in [4.69, 9.17) is 28.3 Å². The topological polar surface area (TPSA) is 73.4 Å². The quantitative estimate of drug-likeness (QED) is 0.878. The van der Waals surface area contributed by atoms with Crippen molar-refractivity contribution in [3.8, 4) is 0 Å². The van der Waals surface area contributed by atoms with Crippen LogP contribution >= 0.6 is 23.2 Å². The Morgan fingerprint density at radius 1 is 1.39 bits per heavy atom. The number of nitrogens with one attached hydrogen (secondary N) is 1. The number of hydrogen-bond acceptors (Lipinski definition) is 2. The second kappa shape index (κ2) is 5.20. The molecule has 1 aromatic heterocycles. The van der Waals surface area contributed by atoms with Crippen LogP contribution in [0.2, 0.25) is 10.2 Å². The molecule has 5 nitrogen and oxygen atoms in total. The highest BCUT2D eigenvalue weighted by Crippen LogP contribution is 2.25. The highest BCUT2D eigenvalue weighted by atomic mass is 35.5. The number of rotatable bonds is 2. The fourth-order valence-electron chi connectivity index (χ4n) is 2.11. The zero-order valence-electron chi connectivity index (χ0n) is 9.45. The van der Waals surface area contributed by atoms with Crippen LogP contribution in [0.4, 0.5) is 0 Å². The fourth-order valence-corrected chi connectivity index (χ4v) is 2.42. The molecule has 1 unspecified atom stereocenters. The molecule has 98 valence electrons. The van der Waals surface area contributed by atoms with E-state index >= 15 is 0 Å². The van der Waals surface area contributed by atoms with Crippen molar-refractivity contribution in [1.82, 2.24) is 9.88 Å². The van der Waals surface area contributed by atoms with Gasteiger partial charge in [0.15, 0.2) is 0 Å². The first-order valence-electron chi connectivity index (χ1n) is 5.58. The van der Waals surface area contributed by atoms with Gasteiger partial charge < -0.3 is 15.0 Å². The van der Waals surface area contributed by atoms with Gasteiger partial charge in [0.2, 0.25) is 0 Å². The Kier molecular flexibility index (Phi) is 3.82. The highest BCUT2D eigenvalue weighted by molar-refractivity contribution is 6.41. The van der Waals surface area contributed by atoms with Gasteiger partial charge in [-0.15, -0.1) is 0 Å². The standard InChI is InChI=1S/C11H12Cl2N2O3/c12-6-5-7(14-9(6)13)10(16)15-4-2-1-3-8(15)11(17)18/h5,8,14H,1-4H2,(H,17,18). The molecule has 18 heavy (non-hydrogen) atoms. The summed E-state index contributed by atoms with van der Waals surface area (Å²) in [5, 5.41) is 9.55. The third kappa shape index (κ3) is 2.47. The minimum atomic E-state index is -0.980. The van der Waals surface area contributed by atoms with Crippen LogP contribution in [0.25, 0.3) is 0 Å². The van der Waals surface area contributed by atoms with E-state index in [9.17, 15) is 9.59 Å². The third-order valence-electron chi connectivity index (χ3n) is 3.00. The van der Waals surface area contributed by atoms with Crippen molar-refractivity contribution < 1.29 is 14.7 Å². The summed E-state index contributed by atoms with van der Waals surface area (Å²) in [6.07, 6.45) is 2.09. The van der Waals surface area contributed by atoms with Crippen molar-refractivity contribution in [2.24, 2.45) is 0 Å².